The SMILES string of the molecule is CNCCCC(=O)CN(CCN(CC(C)=O)CC(=O)O)CC(=O)O. The van der Waals surface area contributed by atoms with Crippen LogP contribution in [0.1, 0.15) is 19.8 Å². The zero-order valence-electron chi connectivity index (χ0n) is 14.3. The standard InChI is InChI=1S/C15H27N3O6/c1-12(19)8-17(10-14(21)22)6-7-18(11-15(23)24)9-13(20)4-3-5-16-2/h16H,3-11H2,1-2H3,(H,21,22)(H,23,24). The number of carboxylic acids is 2. The summed E-state index contributed by atoms with van der Waals surface area (Å²) in [7, 11) is 1.78. The molecule has 0 aliphatic heterocycles. The fourth-order valence-corrected chi connectivity index (χ4v) is 2.20. The molecule has 0 saturated carbocycles. The minimum atomic E-state index is -1.07. The first-order chi connectivity index (χ1) is 11.2. The van der Waals surface area contributed by atoms with Gasteiger partial charge in [0.15, 0.2) is 0 Å². The third kappa shape index (κ3) is 12.7. The Balaban J connectivity index is 4.56. The number of hydrogen-bond donors (Lipinski definition) is 3. The summed E-state index contributed by atoms with van der Waals surface area (Å²) in [5, 5.41) is 20.7. The van der Waals surface area contributed by atoms with E-state index in [0.717, 1.165) is 0 Å². The van der Waals surface area contributed by atoms with E-state index in [-0.39, 0.29) is 50.8 Å². The van der Waals surface area contributed by atoms with Crippen LogP contribution >= 0.6 is 0 Å². The van der Waals surface area contributed by atoms with E-state index in [0.29, 0.717) is 19.4 Å². The molecule has 0 unspecified atom stereocenters. The minimum Gasteiger partial charge on any atom is -0.480 e. The molecule has 0 fully saturated rings. The lowest BCUT2D eigenvalue weighted by Gasteiger charge is -2.24. The van der Waals surface area contributed by atoms with Gasteiger partial charge in [-0.3, -0.25) is 29.0 Å². The van der Waals surface area contributed by atoms with Crippen molar-refractivity contribution in [2.75, 3.05) is 52.9 Å². The van der Waals surface area contributed by atoms with Crippen molar-refractivity contribution in [2.24, 2.45) is 0 Å². The molecule has 9 nitrogen and oxygen atoms in total. The van der Waals surface area contributed by atoms with Gasteiger partial charge in [0.1, 0.15) is 11.6 Å². The second-order valence-corrected chi connectivity index (χ2v) is 5.66. The summed E-state index contributed by atoms with van der Waals surface area (Å²) in [5.74, 6) is -2.37. The Bertz CT molecular complexity index is 425. The van der Waals surface area contributed by atoms with Crippen LogP contribution in [0.4, 0.5) is 0 Å². The number of carbonyl (C=O) groups is 4. The first kappa shape index (κ1) is 22.2. The highest BCUT2D eigenvalue weighted by Crippen LogP contribution is 1.98. The van der Waals surface area contributed by atoms with E-state index in [1.54, 1.807) is 7.05 Å². The molecule has 3 N–H and O–H groups in total. The zero-order chi connectivity index (χ0) is 18.5. The molecule has 138 valence electrons. The molecule has 0 heterocycles. The molecule has 9 heteroatoms. The lowest BCUT2D eigenvalue weighted by Crippen LogP contribution is -2.43. The van der Waals surface area contributed by atoms with Crippen LogP contribution in [0.2, 0.25) is 0 Å². The Morgan fingerprint density at radius 1 is 0.875 bits per heavy atom. The highest BCUT2D eigenvalue weighted by atomic mass is 16.4. The van der Waals surface area contributed by atoms with E-state index in [1.165, 1.54) is 16.7 Å². The topological polar surface area (TPSA) is 127 Å². The highest BCUT2D eigenvalue weighted by Gasteiger charge is 2.17. The normalized spacial score (nSPS) is 11.0. The number of hydrogen-bond acceptors (Lipinski definition) is 7. The largest absolute Gasteiger partial charge is 0.480 e. The van der Waals surface area contributed by atoms with Gasteiger partial charge in [0.25, 0.3) is 0 Å². The fourth-order valence-electron chi connectivity index (χ4n) is 2.20. The lowest BCUT2D eigenvalue weighted by atomic mass is 10.2. The number of nitrogens with one attached hydrogen (secondary N) is 1. The van der Waals surface area contributed by atoms with E-state index in [1.807, 2.05) is 0 Å². The quantitative estimate of drug-likeness (QED) is 0.317. The maximum atomic E-state index is 11.9. The lowest BCUT2D eigenvalue weighted by molar-refractivity contribution is -0.141. The van der Waals surface area contributed by atoms with Gasteiger partial charge in [-0.1, -0.05) is 0 Å². The Morgan fingerprint density at radius 2 is 1.38 bits per heavy atom. The van der Waals surface area contributed by atoms with Gasteiger partial charge in [-0.25, -0.2) is 0 Å². The average Bonchev–Trinajstić information content (AvgIpc) is 2.43. The maximum absolute atomic E-state index is 11.9. The molecule has 0 aromatic rings. The molecule has 0 aliphatic carbocycles. The van der Waals surface area contributed by atoms with Crippen LogP contribution in [0.5, 0.6) is 0 Å². The third-order valence-corrected chi connectivity index (χ3v) is 3.18. The Morgan fingerprint density at radius 3 is 1.79 bits per heavy atom. The van der Waals surface area contributed by atoms with Gasteiger partial charge in [-0.2, -0.15) is 0 Å². The Hall–Kier alpha value is -1.84. The first-order valence-corrected chi connectivity index (χ1v) is 7.78. The minimum absolute atomic E-state index is 0.00298. The van der Waals surface area contributed by atoms with E-state index < -0.39 is 11.9 Å². The van der Waals surface area contributed by atoms with Gasteiger partial charge in [0.05, 0.1) is 26.2 Å². The van der Waals surface area contributed by atoms with E-state index in [9.17, 15) is 19.2 Å². The van der Waals surface area contributed by atoms with Gasteiger partial charge < -0.3 is 15.5 Å². The van der Waals surface area contributed by atoms with Gasteiger partial charge in [-0.05, 0) is 26.9 Å². The number of Topliss-reactive ketones (excluding diaryl/α,β-unsaturated/α-hetero) is 2. The van der Waals surface area contributed by atoms with E-state index in [4.69, 9.17) is 10.2 Å². The summed E-state index contributed by atoms with van der Waals surface area (Å²) in [5.41, 5.74) is 0. The second kappa shape index (κ2) is 12.6. The summed E-state index contributed by atoms with van der Waals surface area (Å²) in [6.45, 7) is 1.81. The second-order valence-electron chi connectivity index (χ2n) is 5.66. The highest BCUT2D eigenvalue weighted by molar-refractivity contribution is 5.81. The van der Waals surface area contributed by atoms with Crippen LogP contribution in [0, 0.1) is 0 Å². The van der Waals surface area contributed by atoms with Crippen LogP contribution in [0.25, 0.3) is 0 Å². The Labute approximate surface area is 141 Å². The third-order valence-electron chi connectivity index (χ3n) is 3.18. The van der Waals surface area contributed by atoms with E-state index >= 15 is 0 Å². The predicted octanol–water partition coefficient (Wildman–Crippen LogP) is -1.08. The summed E-state index contributed by atoms with van der Waals surface area (Å²) in [4.78, 5) is 47.7. The first-order valence-electron chi connectivity index (χ1n) is 7.78. The summed E-state index contributed by atoms with van der Waals surface area (Å²) in [6.07, 6.45) is 1.02. The molecule has 0 aliphatic rings. The van der Waals surface area contributed by atoms with Gasteiger partial charge in [0.2, 0.25) is 0 Å². The number of aliphatic carboxylic acids is 2. The predicted molar refractivity (Wildman–Crippen MR) is 87.0 cm³/mol. The molecular weight excluding hydrogens is 318 g/mol. The van der Waals surface area contributed by atoms with Crippen molar-refractivity contribution >= 4 is 23.5 Å². The van der Waals surface area contributed by atoms with Crippen molar-refractivity contribution in [3.05, 3.63) is 0 Å². The molecule has 0 amide bonds. The molecule has 0 rings (SSSR count). The van der Waals surface area contributed by atoms with Gasteiger partial charge in [-0.15, -0.1) is 0 Å². The van der Waals surface area contributed by atoms with Crippen LogP contribution in [0.3, 0.4) is 0 Å². The van der Waals surface area contributed by atoms with Crippen molar-refractivity contribution in [3.8, 4) is 0 Å². The van der Waals surface area contributed by atoms with Crippen LogP contribution in [-0.2, 0) is 19.2 Å². The van der Waals surface area contributed by atoms with E-state index in [2.05, 4.69) is 5.32 Å². The Kier molecular flexibility index (Phi) is 11.6. The van der Waals surface area contributed by atoms with Crippen molar-refractivity contribution in [3.63, 3.8) is 0 Å². The van der Waals surface area contributed by atoms with Crippen LogP contribution in [0.15, 0.2) is 0 Å². The fraction of sp³-hybridized carbons (Fsp3) is 0.733. The number of ketones is 2. The maximum Gasteiger partial charge on any atom is 0.317 e. The molecular formula is C15H27N3O6. The molecule has 0 aromatic heterocycles. The molecule has 0 aromatic carbocycles. The molecule has 0 spiro atoms. The molecule has 0 bridgehead atoms. The number of rotatable bonds is 15. The average molecular weight is 345 g/mol. The van der Waals surface area contributed by atoms with Crippen LogP contribution in [-0.4, -0.2) is 96.4 Å². The van der Waals surface area contributed by atoms with Gasteiger partial charge in [0, 0.05) is 19.5 Å². The summed E-state index contributed by atoms with van der Waals surface area (Å²) < 4.78 is 0. The smallest absolute Gasteiger partial charge is 0.317 e. The van der Waals surface area contributed by atoms with Crippen molar-refractivity contribution in [1.29, 1.82) is 0 Å². The van der Waals surface area contributed by atoms with Crippen molar-refractivity contribution in [2.45, 2.75) is 19.8 Å². The monoisotopic (exact) mass is 345 g/mol. The molecule has 0 radical (unpaired) electrons. The number of nitrogens with zero attached hydrogens (tertiary/aromatic N) is 2. The molecule has 0 saturated heterocycles. The number of carbonyl (C=O) groups excluding carboxylic acids is 2. The summed E-state index contributed by atoms with van der Waals surface area (Å²) >= 11 is 0. The van der Waals surface area contributed by atoms with Gasteiger partial charge >= 0.3 is 11.9 Å². The molecule has 0 atom stereocenters. The van der Waals surface area contributed by atoms with Crippen molar-refractivity contribution < 1.29 is 29.4 Å². The van der Waals surface area contributed by atoms with Crippen LogP contribution < -0.4 is 5.32 Å². The van der Waals surface area contributed by atoms with Crippen molar-refractivity contribution in [1.82, 2.24) is 15.1 Å². The number of carboxylic acid groups (broad SMARTS) is 2. The summed E-state index contributed by atoms with van der Waals surface area (Å²) in [6, 6.07) is 0. The molecule has 24 heavy (non-hydrogen) atoms. The zero-order valence-corrected chi connectivity index (χ0v) is 14.3.